The molecule has 19 heavy (non-hydrogen) atoms. The summed E-state index contributed by atoms with van der Waals surface area (Å²) >= 11 is 0. The van der Waals surface area contributed by atoms with Gasteiger partial charge in [0.05, 0.1) is 11.8 Å². The van der Waals surface area contributed by atoms with Crippen molar-refractivity contribution in [2.75, 3.05) is 5.75 Å². The number of amidine groups is 1. The van der Waals surface area contributed by atoms with E-state index in [1.165, 1.54) is 6.92 Å². The highest BCUT2D eigenvalue weighted by Gasteiger charge is 2.21. The molecule has 7 heteroatoms. The molecule has 0 saturated heterocycles. The van der Waals surface area contributed by atoms with Crippen LogP contribution in [0.25, 0.3) is 0 Å². The van der Waals surface area contributed by atoms with Crippen molar-refractivity contribution >= 4 is 15.9 Å². The molecule has 1 aromatic carbocycles. The van der Waals surface area contributed by atoms with Gasteiger partial charge in [-0.05, 0) is 18.4 Å². The van der Waals surface area contributed by atoms with Gasteiger partial charge in [-0.3, -0.25) is 0 Å². The smallest absolute Gasteiger partial charge is 0.212 e. The number of nitrogens with two attached hydrogens (primary N) is 1. The van der Waals surface area contributed by atoms with Crippen LogP contribution in [-0.2, 0) is 10.0 Å². The predicted molar refractivity (Wildman–Crippen MR) is 74.7 cm³/mol. The van der Waals surface area contributed by atoms with Crippen molar-refractivity contribution < 1.29 is 13.6 Å². The lowest BCUT2D eigenvalue weighted by Crippen LogP contribution is -2.43. The van der Waals surface area contributed by atoms with Gasteiger partial charge in [-0.1, -0.05) is 42.4 Å². The van der Waals surface area contributed by atoms with Crippen molar-refractivity contribution in [1.29, 1.82) is 0 Å². The van der Waals surface area contributed by atoms with E-state index in [0.717, 1.165) is 5.56 Å². The molecule has 0 aliphatic rings. The van der Waals surface area contributed by atoms with Crippen LogP contribution in [0.15, 0.2) is 35.5 Å². The van der Waals surface area contributed by atoms with E-state index in [1.54, 1.807) is 0 Å². The molecule has 0 heterocycles. The third-order valence-electron chi connectivity index (χ3n) is 2.75. The van der Waals surface area contributed by atoms with Gasteiger partial charge in [0.15, 0.2) is 5.84 Å². The number of oxime groups is 1. The van der Waals surface area contributed by atoms with Crippen molar-refractivity contribution in [2.45, 2.75) is 25.8 Å². The summed E-state index contributed by atoms with van der Waals surface area (Å²) < 4.78 is 26.2. The summed E-state index contributed by atoms with van der Waals surface area (Å²) in [4.78, 5) is 0. The maximum absolute atomic E-state index is 11.9. The van der Waals surface area contributed by atoms with Crippen LogP contribution in [0.5, 0.6) is 0 Å². The zero-order valence-electron chi connectivity index (χ0n) is 10.9. The maximum atomic E-state index is 11.9. The van der Waals surface area contributed by atoms with E-state index >= 15 is 0 Å². The first kappa shape index (κ1) is 15.5. The minimum Gasteiger partial charge on any atom is -0.409 e. The van der Waals surface area contributed by atoms with Crippen LogP contribution in [0.4, 0.5) is 0 Å². The second-order valence-corrected chi connectivity index (χ2v) is 6.26. The largest absolute Gasteiger partial charge is 0.409 e. The van der Waals surface area contributed by atoms with Crippen molar-refractivity contribution in [1.82, 2.24) is 4.72 Å². The molecule has 0 aliphatic heterocycles. The van der Waals surface area contributed by atoms with E-state index in [4.69, 9.17) is 10.9 Å². The summed E-state index contributed by atoms with van der Waals surface area (Å²) in [6, 6.07) is 8.64. The van der Waals surface area contributed by atoms with Gasteiger partial charge in [0.2, 0.25) is 10.0 Å². The van der Waals surface area contributed by atoms with Crippen LogP contribution in [0.2, 0.25) is 0 Å². The monoisotopic (exact) mass is 285 g/mol. The average Bonchev–Trinajstić information content (AvgIpc) is 2.37. The molecule has 0 spiro atoms. The van der Waals surface area contributed by atoms with Gasteiger partial charge in [-0.25, -0.2) is 13.1 Å². The van der Waals surface area contributed by atoms with Crippen LogP contribution in [-0.4, -0.2) is 31.3 Å². The molecule has 0 saturated carbocycles. The molecule has 0 bridgehead atoms. The Bertz CT molecular complexity index is 528. The Morgan fingerprint density at radius 1 is 1.37 bits per heavy atom. The van der Waals surface area contributed by atoms with Crippen LogP contribution in [0.3, 0.4) is 0 Å². The zero-order chi connectivity index (χ0) is 14.5. The van der Waals surface area contributed by atoms with Gasteiger partial charge in [-0.15, -0.1) is 0 Å². The van der Waals surface area contributed by atoms with Crippen molar-refractivity contribution in [3.63, 3.8) is 0 Å². The Hall–Kier alpha value is -1.60. The van der Waals surface area contributed by atoms with Crippen LogP contribution in [0, 0.1) is 0 Å². The van der Waals surface area contributed by atoms with E-state index in [1.807, 2.05) is 37.3 Å². The Morgan fingerprint density at radius 3 is 2.47 bits per heavy atom. The van der Waals surface area contributed by atoms with Gasteiger partial charge in [-0.2, -0.15) is 0 Å². The highest BCUT2D eigenvalue weighted by Crippen LogP contribution is 2.16. The van der Waals surface area contributed by atoms with Gasteiger partial charge < -0.3 is 10.9 Å². The number of hydrogen-bond acceptors (Lipinski definition) is 4. The third-order valence-corrected chi connectivity index (χ3v) is 4.40. The Morgan fingerprint density at radius 2 is 1.95 bits per heavy atom. The number of rotatable bonds is 6. The molecular formula is C12H19N3O3S. The first-order chi connectivity index (χ1) is 8.85. The minimum absolute atomic E-state index is 0.0555. The highest BCUT2D eigenvalue weighted by atomic mass is 32.2. The SMILES string of the molecule is CC(NS(=O)(=O)CC(C)c1ccccc1)/C(N)=N/O. The molecule has 0 aliphatic carbocycles. The summed E-state index contributed by atoms with van der Waals surface area (Å²) in [6.45, 7) is 3.35. The Labute approximate surface area is 113 Å². The van der Waals surface area contributed by atoms with Crippen LogP contribution < -0.4 is 10.5 Å². The number of hydrogen-bond donors (Lipinski definition) is 3. The van der Waals surface area contributed by atoms with Crippen molar-refractivity contribution in [3.05, 3.63) is 35.9 Å². The second kappa shape index (κ2) is 6.53. The molecule has 1 rings (SSSR count). The molecular weight excluding hydrogens is 266 g/mol. The van der Waals surface area contributed by atoms with E-state index in [0.29, 0.717) is 0 Å². The fraction of sp³-hybridized carbons (Fsp3) is 0.417. The van der Waals surface area contributed by atoms with Crippen molar-refractivity contribution in [3.8, 4) is 0 Å². The zero-order valence-corrected chi connectivity index (χ0v) is 11.8. The minimum atomic E-state index is -3.51. The quantitative estimate of drug-likeness (QED) is 0.312. The van der Waals surface area contributed by atoms with Crippen molar-refractivity contribution in [2.24, 2.45) is 10.9 Å². The lowest BCUT2D eigenvalue weighted by atomic mass is 10.0. The first-order valence-corrected chi connectivity index (χ1v) is 7.53. The average molecular weight is 285 g/mol. The fourth-order valence-electron chi connectivity index (χ4n) is 1.67. The van der Waals surface area contributed by atoms with Gasteiger partial charge in [0.25, 0.3) is 0 Å². The van der Waals surface area contributed by atoms with E-state index in [9.17, 15) is 8.42 Å². The lowest BCUT2D eigenvalue weighted by Gasteiger charge is -2.16. The van der Waals surface area contributed by atoms with Gasteiger partial charge in [0, 0.05) is 0 Å². The molecule has 0 amide bonds. The molecule has 4 N–H and O–H groups in total. The van der Waals surface area contributed by atoms with E-state index in [2.05, 4.69) is 9.88 Å². The first-order valence-electron chi connectivity index (χ1n) is 5.88. The molecule has 1 aromatic rings. The summed E-state index contributed by atoms with van der Waals surface area (Å²) in [5.74, 6) is -0.366. The molecule has 0 fully saturated rings. The van der Waals surface area contributed by atoms with E-state index < -0.39 is 16.1 Å². The lowest BCUT2D eigenvalue weighted by molar-refractivity contribution is 0.316. The van der Waals surface area contributed by atoms with Crippen LogP contribution in [0.1, 0.15) is 25.3 Å². The maximum Gasteiger partial charge on any atom is 0.212 e. The molecule has 0 aromatic heterocycles. The second-order valence-electron chi connectivity index (χ2n) is 4.46. The molecule has 6 nitrogen and oxygen atoms in total. The number of benzene rings is 1. The fourth-order valence-corrected chi connectivity index (χ4v) is 3.28. The summed E-state index contributed by atoms with van der Waals surface area (Å²) in [5.41, 5.74) is 6.29. The van der Waals surface area contributed by atoms with E-state index in [-0.39, 0.29) is 17.5 Å². The normalized spacial score (nSPS) is 16.0. The summed E-state index contributed by atoms with van der Waals surface area (Å²) in [5, 5.41) is 11.3. The standard InChI is InChI=1S/C12H19N3O3S/c1-9(11-6-4-3-5-7-11)8-19(17,18)15-10(2)12(13)14-16/h3-7,9-10,15-16H,8H2,1-2H3,(H2,13,14). The van der Waals surface area contributed by atoms with Crippen LogP contribution >= 0.6 is 0 Å². The molecule has 2 unspecified atom stereocenters. The number of nitrogens with one attached hydrogen (secondary N) is 1. The molecule has 106 valence electrons. The molecule has 2 atom stereocenters. The van der Waals surface area contributed by atoms with Gasteiger partial charge >= 0.3 is 0 Å². The number of sulfonamides is 1. The third kappa shape index (κ3) is 4.88. The molecule has 0 radical (unpaired) electrons. The Balaban J connectivity index is 2.70. The van der Waals surface area contributed by atoms with Gasteiger partial charge in [0.1, 0.15) is 0 Å². The highest BCUT2D eigenvalue weighted by molar-refractivity contribution is 7.89. The summed E-state index contributed by atoms with van der Waals surface area (Å²) in [7, 11) is -3.51. The predicted octanol–water partition coefficient (Wildman–Crippen LogP) is 0.844. The number of nitrogens with zero attached hydrogens (tertiary/aromatic N) is 1. The Kier molecular flexibility index (Phi) is 5.31. The summed E-state index contributed by atoms with van der Waals surface area (Å²) in [6.07, 6.45) is 0. The topological polar surface area (TPSA) is 105 Å².